The van der Waals surface area contributed by atoms with Crippen LogP contribution in [0.2, 0.25) is 0 Å². The highest BCUT2D eigenvalue weighted by Crippen LogP contribution is 2.23. The second kappa shape index (κ2) is 39.6. The van der Waals surface area contributed by atoms with E-state index in [2.05, 4.69) is 20.8 Å². The summed E-state index contributed by atoms with van der Waals surface area (Å²) in [7, 11) is 6.13. The number of esters is 2. The maximum Gasteiger partial charge on any atom is 0.306 e. The smallest absolute Gasteiger partial charge is 0.306 e. The highest BCUT2D eigenvalue weighted by molar-refractivity contribution is 5.70. The number of rotatable bonds is 44. The standard InChI is InChI=1S/C48H96NO6/c1-7-10-13-16-19-22-25-28-31-34-37-40-46(50)52-43-48(49(4,5)6,45-55-54-42-39-36-33-30-27-24-21-18-15-12-9-3)44-53-47(51)41-38-35-32-29-26-23-20-17-14-11-8-2/h7-45H2,1-6H3/q+1. The first-order chi connectivity index (χ1) is 26.7. The van der Waals surface area contributed by atoms with Crippen molar-refractivity contribution < 1.29 is 33.3 Å². The van der Waals surface area contributed by atoms with Crippen LogP contribution in [-0.2, 0) is 28.8 Å². The zero-order valence-electron chi connectivity index (χ0n) is 38.0. The molecule has 0 heterocycles. The molecule has 0 fully saturated rings. The first kappa shape index (κ1) is 53.8. The fourth-order valence-electron chi connectivity index (χ4n) is 7.18. The van der Waals surface area contributed by atoms with Crippen LogP contribution >= 0.6 is 0 Å². The van der Waals surface area contributed by atoms with Crippen molar-refractivity contribution in [1.29, 1.82) is 0 Å². The quantitative estimate of drug-likeness (QED) is 0.0201. The fourth-order valence-corrected chi connectivity index (χ4v) is 7.18. The number of carbonyl (C=O) groups excluding carboxylic acids is 2. The Bertz CT molecular complexity index is 786. The second-order valence-electron chi connectivity index (χ2n) is 17.7. The van der Waals surface area contributed by atoms with Gasteiger partial charge in [-0.2, -0.15) is 0 Å². The molecule has 0 radical (unpaired) electrons. The Morgan fingerprint density at radius 2 is 0.636 bits per heavy atom. The highest BCUT2D eigenvalue weighted by atomic mass is 17.2. The van der Waals surface area contributed by atoms with E-state index < -0.39 is 5.54 Å². The highest BCUT2D eigenvalue weighted by Gasteiger charge is 2.47. The van der Waals surface area contributed by atoms with Crippen molar-refractivity contribution in [3.63, 3.8) is 0 Å². The summed E-state index contributed by atoms with van der Waals surface area (Å²) in [4.78, 5) is 37.4. The van der Waals surface area contributed by atoms with Crippen molar-refractivity contribution >= 4 is 11.9 Å². The van der Waals surface area contributed by atoms with Gasteiger partial charge in [0.1, 0.15) is 6.61 Å². The lowest BCUT2D eigenvalue weighted by atomic mass is 9.99. The van der Waals surface area contributed by atoms with Gasteiger partial charge in [-0.25, -0.2) is 9.78 Å². The van der Waals surface area contributed by atoms with Gasteiger partial charge in [-0.3, -0.25) is 9.59 Å². The molecule has 0 saturated carbocycles. The number of quaternary nitrogens is 1. The molecule has 0 atom stereocenters. The average molecular weight is 783 g/mol. The molecule has 55 heavy (non-hydrogen) atoms. The molecule has 328 valence electrons. The van der Waals surface area contributed by atoms with Crippen LogP contribution in [0.25, 0.3) is 0 Å². The molecule has 0 saturated heterocycles. The predicted octanol–water partition coefficient (Wildman–Crippen LogP) is 14.2. The van der Waals surface area contributed by atoms with Gasteiger partial charge in [-0.1, -0.05) is 213 Å². The lowest BCUT2D eigenvalue weighted by Gasteiger charge is -2.44. The van der Waals surface area contributed by atoms with Crippen LogP contribution in [0.1, 0.15) is 245 Å². The Balaban J connectivity index is 4.74. The molecular formula is C48H96NO6+. The summed E-state index contributed by atoms with van der Waals surface area (Å²) in [5.74, 6) is -0.383. The average Bonchev–Trinajstić information content (AvgIpc) is 3.16. The molecule has 0 rings (SSSR count). The van der Waals surface area contributed by atoms with E-state index in [1.807, 2.05) is 21.1 Å². The second-order valence-corrected chi connectivity index (χ2v) is 17.7. The van der Waals surface area contributed by atoms with Crippen LogP contribution in [-0.4, -0.2) is 69.5 Å². The number of nitrogens with zero attached hydrogens (tertiary/aromatic N) is 1. The van der Waals surface area contributed by atoms with Gasteiger partial charge in [0, 0.05) is 12.8 Å². The van der Waals surface area contributed by atoms with Gasteiger partial charge in [-0.15, -0.1) is 0 Å². The normalized spacial score (nSPS) is 12.0. The van der Waals surface area contributed by atoms with Gasteiger partial charge in [0.05, 0.1) is 27.7 Å². The minimum absolute atomic E-state index is 0.112. The molecule has 0 aromatic carbocycles. The molecule has 0 aliphatic rings. The minimum Gasteiger partial charge on any atom is -0.459 e. The van der Waals surface area contributed by atoms with Crippen LogP contribution < -0.4 is 0 Å². The van der Waals surface area contributed by atoms with E-state index in [4.69, 9.17) is 19.2 Å². The van der Waals surface area contributed by atoms with E-state index in [0.717, 1.165) is 38.5 Å². The fraction of sp³-hybridized carbons (Fsp3) is 0.958. The summed E-state index contributed by atoms with van der Waals surface area (Å²) in [6.07, 6.45) is 42.3. The molecule has 0 bridgehead atoms. The van der Waals surface area contributed by atoms with Gasteiger partial charge < -0.3 is 14.0 Å². The number of hydrogen-bond donors (Lipinski definition) is 0. The van der Waals surface area contributed by atoms with Crippen LogP contribution in [0.15, 0.2) is 0 Å². The summed E-state index contributed by atoms with van der Waals surface area (Å²) in [6.45, 7) is 7.72. The molecular weight excluding hydrogens is 687 g/mol. The Hall–Kier alpha value is -1.18. The molecule has 0 aliphatic carbocycles. The van der Waals surface area contributed by atoms with Gasteiger partial charge >= 0.3 is 11.9 Å². The summed E-state index contributed by atoms with van der Waals surface area (Å²) in [6, 6.07) is 0. The van der Waals surface area contributed by atoms with Crippen molar-refractivity contribution in [2.45, 2.75) is 251 Å². The van der Waals surface area contributed by atoms with E-state index in [1.54, 1.807) is 0 Å². The van der Waals surface area contributed by atoms with Crippen LogP contribution in [0.3, 0.4) is 0 Å². The van der Waals surface area contributed by atoms with Crippen LogP contribution in [0.5, 0.6) is 0 Å². The van der Waals surface area contributed by atoms with E-state index in [1.165, 1.54) is 173 Å². The predicted molar refractivity (Wildman–Crippen MR) is 233 cm³/mol. The number of ether oxygens (including phenoxy) is 2. The summed E-state index contributed by atoms with van der Waals surface area (Å²) in [5.41, 5.74) is -0.781. The van der Waals surface area contributed by atoms with Crippen LogP contribution in [0.4, 0.5) is 0 Å². The largest absolute Gasteiger partial charge is 0.459 e. The molecule has 0 N–H and O–H groups in total. The molecule has 0 spiro atoms. The van der Waals surface area contributed by atoms with Crippen molar-refractivity contribution in [3.8, 4) is 0 Å². The summed E-state index contributed by atoms with van der Waals surface area (Å²) in [5, 5.41) is 0. The molecule has 0 aromatic rings. The Morgan fingerprint density at radius 1 is 0.364 bits per heavy atom. The SMILES string of the molecule is CCCCCCCCCCCCCOOCC(COC(=O)CCCCCCCCCCCCC)(COC(=O)CCCCCCCCCCCCC)[N+](C)(C)C. The van der Waals surface area contributed by atoms with E-state index >= 15 is 0 Å². The number of hydrogen-bond acceptors (Lipinski definition) is 6. The van der Waals surface area contributed by atoms with Crippen molar-refractivity contribution in [2.75, 3.05) is 47.6 Å². The minimum atomic E-state index is -0.781. The molecule has 0 unspecified atom stereocenters. The molecule has 0 aromatic heterocycles. The van der Waals surface area contributed by atoms with Gasteiger partial charge in [-0.05, 0) is 19.3 Å². The molecule has 7 nitrogen and oxygen atoms in total. The van der Waals surface area contributed by atoms with Crippen LogP contribution in [0, 0.1) is 0 Å². The first-order valence-corrected chi connectivity index (χ1v) is 24.1. The number of unbranched alkanes of at least 4 members (excludes halogenated alkanes) is 30. The van der Waals surface area contributed by atoms with Crippen molar-refractivity contribution in [1.82, 2.24) is 0 Å². The number of likely N-dealkylation sites (N-methyl/N-ethyl adjacent to an activating group) is 1. The Kier molecular flexibility index (Phi) is 38.8. The first-order valence-electron chi connectivity index (χ1n) is 24.1. The Morgan fingerprint density at radius 3 is 0.927 bits per heavy atom. The maximum atomic E-state index is 12.9. The maximum absolute atomic E-state index is 12.9. The van der Waals surface area contributed by atoms with E-state index in [9.17, 15) is 9.59 Å². The number of carbonyl (C=O) groups is 2. The monoisotopic (exact) mass is 783 g/mol. The molecule has 7 heteroatoms. The van der Waals surface area contributed by atoms with E-state index in [0.29, 0.717) is 23.9 Å². The third-order valence-corrected chi connectivity index (χ3v) is 11.6. The topological polar surface area (TPSA) is 71.1 Å². The zero-order valence-corrected chi connectivity index (χ0v) is 38.0. The third kappa shape index (κ3) is 34.6. The van der Waals surface area contributed by atoms with Gasteiger partial charge in [0.2, 0.25) is 0 Å². The molecule has 0 amide bonds. The van der Waals surface area contributed by atoms with Gasteiger partial charge in [0.25, 0.3) is 0 Å². The lowest BCUT2D eigenvalue weighted by molar-refractivity contribution is -0.926. The zero-order chi connectivity index (χ0) is 40.6. The summed E-state index contributed by atoms with van der Waals surface area (Å²) >= 11 is 0. The van der Waals surface area contributed by atoms with Crippen molar-refractivity contribution in [2.24, 2.45) is 0 Å². The van der Waals surface area contributed by atoms with Crippen molar-refractivity contribution in [3.05, 3.63) is 0 Å². The third-order valence-electron chi connectivity index (χ3n) is 11.6. The van der Waals surface area contributed by atoms with Gasteiger partial charge in [0.15, 0.2) is 18.8 Å². The summed E-state index contributed by atoms with van der Waals surface area (Å²) < 4.78 is 12.2. The van der Waals surface area contributed by atoms with E-state index in [-0.39, 0.29) is 31.8 Å². The molecule has 0 aliphatic heterocycles. The Labute approximate surface area is 343 Å². The lowest BCUT2D eigenvalue weighted by Crippen LogP contribution is -2.65.